The number of imidazole rings is 1. The molecule has 0 radical (unpaired) electrons. The molecule has 0 aliphatic rings. The Kier molecular flexibility index (Phi) is 3.62. The third-order valence-electron chi connectivity index (χ3n) is 3.45. The Balaban J connectivity index is 2.11. The molecule has 0 spiro atoms. The number of aliphatic hydroxyl groups is 1. The van der Waals surface area contributed by atoms with Crippen LogP contribution in [0.2, 0.25) is 0 Å². The van der Waals surface area contributed by atoms with Crippen LogP contribution >= 0.6 is 0 Å². The van der Waals surface area contributed by atoms with E-state index in [2.05, 4.69) is 4.98 Å². The summed E-state index contributed by atoms with van der Waals surface area (Å²) in [5, 5.41) is 9.22. The molecule has 0 bridgehead atoms. The monoisotopic (exact) mass is 306 g/mol. The van der Waals surface area contributed by atoms with Crippen molar-refractivity contribution in [1.82, 2.24) is 9.55 Å². The van der Waals surface area contributed by atoms with E-state index in [9.17, 15) is 18.3 Å². The summed E-state index contributed by atoms with van der Waals surface area (Å²) < 4.78 is 39.7. The van der Waals surface area contributed by atoms with Gasteiger partial charge in [0.25, 0.3) is 0 Å². The number of hydrogen-bond donors (Lipinski definition) is 1. The van der Waals surface area contributed by atoms with E-state index in [1.54, 1.807) is 4.57 Å². The first-order valence-electron chi connectivity index (χ1n) is 6.74. The van der Waals surface area contributed by atoms with Gasteiger partial charge in [0.1, 0.15) is 5.82 Å². The Morgan fingerprint density at radius 2 is 1.68 bits per heavy atom. The topological polar surface area (TPSA) is 38.0 Å². The summed E-state index contributed by atoms with van der Waals surface area (Å²) in [7, 11) is 0. The number of para-hydroxylation sites is 2. The number of rotatable bonds is 3. The van der Waals surface area contributed by atoms with E-state index >= 15 is 0 Å². The smallest absolute Gasteiger partial charge is 0.395 e. The van der Waals surface area contributed by atoms with Gasteiger partial charge < -0.3 is 9.67 Å². The maximum Gasteiger partial charge on any atom is 0.416 e. The van der Waals surface area contributed by atoms with E-state index in [1.165, 1.54) is 12.1 Å². The average molecular weight is 306 g/mol. The van der Waals surface area contributed by atoms with Crippen LogP contribution in [0.25, 0.3) is 22.4 Å². The minimum absolute atomic E-state index is 0.0754. The highest BCUT2D eigenvalue weighted by Crippen LogP contribution is 2.31. The summed E-state index contributed by atoms with van der Waals surface area (Å²) in [6.45, 7) is 0.255. The number of nitrogens with zero attached hydrogens (tertiary/aromatic N) is 2. The molecule has 0 amide bonds. The summed E-state index contributed by atoms with van der Waals surface area (Å²) in [5.41, 5.74) is 1.47. The SMILES string of the molecule is OCCn1c(-c2ccc(C(F)(F)F)cc2)nc2ccccc21. The van der Waals surface area contributed by atoms with E-state index < -0.39 is 11.7 Å². The Morgan fingerprint density at radius 1 is 1.00 bits per heavy atom. The molecule has 3 aromatic rings. The minimum atomic E-state index is -4.36. The highest BCUT2D eigenvalue weighted by Gasteiger charge is 2.30. The average Bonchev–Trinajstić information content (AvgIpc) is 2.86. The van der Waals surface area contributed by atoms with Crippen LogP contribution in [-0.4, -0.2) is 21.3 Å². The maximum atomic E-state index is 12.6. The number of alkyl halides is 3. The first kappa shape index (κ1) is 14.6. The Morgan fingerprint density at radius 3 is 2.32 bits per heavy atom. The van der Waals surface area contributed by atoms with Crippen molar-refractivity contribution in [3.63, 3.8) is 0 Å². The van der Waals surface area contributed by atoms with E-state index in [0.29, 0.717) is 17.9 Å². The molecule has 114 valence electrons. The third kappa shape index (κ3) is 2.57. The van der Waals surface area contributed by atoms with Gasteiger partial charge in [0.15, 0.2) is 0 Å². The number of aliphatic hydroxyl groups excluding tert-OH is 1. The Hall–Kier alpha value is -2.34. The summed E-state index contributed by atoms with van der Waals surface area (Å²) in [6, 6.07) is 12.3. The molecule has 0 atom stereocenters. The molecule has 0 saturated heterocycles. The van der Waals surface area contributed by atoms with Crippen LogP contribution in [0.4, 0.5) is 13.2 Å². The largest absolute Gasteiger partial charge is 0.416 e. The van der Waals surface area contributed by atoms with Gasteiger partial charge in [-0.05, 0) is 24.3 Å². The maximum absolute atomic E-state index is 12.6. The van der Waals surface area contributed by atoms with Gasteiger partial charge in [-0.1, -0.05) is 24.3 Å². The second-order valence-corrected chi connectivity index (χ2v) is 4.87. The van der Waals surface area contributed by atoms with Crippen molar-refractivity contribution in [3.8, 4) is 11.4 Å². The summed E-state index contributed by atoms with van der Waals surface area (Å²) in [4.78, 5) is 4.46. The van der Waals surface area contributed by atoms with E-state index in [1.807, 2.05) is 24.3 Å². The third-order valence-corrected chi connectivity index (χ3v) is 3.45. The van der Waals surface area contributed by atoms with Gasteiger partial charge >= 0.3 is 6.18 Å². The van der Waals surface area contributed by atoms with Crippen LogP contribution < -0.4 is 0 Å². The fourth-order valence-electron chi connectivity index (χ4n) is 2.43. The van der Waals surface area contributed by atoms with Gasteiger partial charge in [0.05, 0.1) is 23.2 Å². The van der Waals surface area contributed by atoms with E-state index in [0.717, 1.165) is 23.2 Å². The van der Waals surface area contributed by atoms with Crippen LogP contribution in [0.1, 0.15) is 5.56 Å². The van der Waals surface area contributed by atoms with Gasteiger partial charge in [-0.25, -0.2) is 4.98 Å². The normalized spacial score (nSPS) is 12.0. The first-order chi connectivity index (χ1) is 10.5. The summed E-state index contributed by atoms with van der Waals surface area (Å²) in [6.07, 6.45) is -4.36. The fraction of sp³-hybridized carbons (Fsp3) is 0.188. The van der Waals surface area contributed by atoms with Crippen molar-refractivity contribution in [3.05, 3.63) is 54.1 Å². The number of hydrogen-bond acceptors (Lipinski definition) is 2. The van der Waals surface area contributed by atoms with Crippen molar-refractivity contribution < 1.29 is 18.3 Å². The summed E-state index contributed by atoms with van der Waals surface area (Å²) >= 11 is 0. The lowest BCUT2D eigenvalue weighted by molar-refractivity contribution is -0.137. The molecule has 3 rings (SSSR count). The highest BCUT2D eigenvalue weighted by atomic mass is 19.4. The van der Waals surface area contributed by atoms with Crippen molar-refractivity contribution in [2.75, 3.05) is 6.61 Å². The molecule has 0 unspecified atom stereocenters. The zero-order valence-electron chi connectivity index (χ0n) is 11.5. The minimum Gasteiger partial charge on any atom is -0.395 e. The molecule has 2 aromatic carbocycles. The fourth-order valence-corrected chi connectivity index (χ4v) is 2.43. The van der Waals surface area contributed by atoms with Gasteiger partial charge in [-0.3, -0.25) is 0 Å². The summed E-state index contributed by atoms with van der Waals surface area (Å²) in [5.74, 6) is 0.545. The Labute approximate surface area is 124 Å². The van der Waals surface area contributed by atoms with Crippen molar-refractivity contribution >= 4 is 11.0 Å². The second kappa shape index (κ2) is 5.46. The molecule has 22 heavy (non-hydrogen) atoms. The number of halogens is 3. The molecular formula is C16H13F3N2O. The molecule has 0 aliphatic carbocycles. The molecule has 1 N–H and O–H groups in total. The quantitative estimate of drug-likeness (QED) is 0.801. The van der Waals surface area contributed by atoms with Crippen LogP contribution in [0.15, 0.2) is 48.5 Å². The molecule has 0 fully saturated rings. The van der Waals surface area contributed by atoms with Gasteiger partial charge in [-0.15, -0.1) is 0 Å². The van der Waals surface area contributed by atoms with Crippen LogP contribution in [0.5, 0.6) is 0 Å². The van der Waals surface area contributed by atoms with Crippen molar-refractivity contribution in [2.45, 2.75) is 12.7 Å². The highest BCUT2D eigenvalue weighted by molar-refractivity contribution is 5.80. The van der Waals surface area contributed by atoms with Crippen molar-refractivity contribution in [1.29, 1.82) is 0 Å². The molecule has 1 aromatic heterocycles. The lowest BCUT2D eigenvalue weighted by Crippen LogP contribution is -2.06. The van der Waals surface area contributed by atoms with E-state index in [4.69, 9.17) is 0 Å². The van der Waals surface area contributed by atoms with Gasteiger partial charge in [0, 0.05) is 12.1 Å². The Bertz CT molecular complexity index is 791. The lowest BCUT2D eigenvalue weighted by atomic mass is 10.1. The molecule has 1 heterocycles. The van der Waals surface area contributed by atoms with Crippen LogP contribution in [0.3, 0.4) is 0 Å². The molecular weight excluding hydrogens is 293 g/mol. The number of fused-ring (bicyclic) bond motifs is 1. The molecule has 0 saturated carbocycles. The number of benzene rings is 2. The molecule has 0 aliphatic heterocycles. The zero-order chi connectivity index (χ0) is 15.7. The van der Waals surface area contributed by atoms with Crippen molar-refractivity contribution in [2.24, 2.45) is 0 Å². The predicted octanol–water partition coefficient (Wildman–Crippen LogP) is 3.71. The lowest BCUT2D eigenvalue weighted by Gasteiger charge is -2.09. The van der Waals surface area contributed by atoms with E-state index in [-0.39, 0.29) is 6.61 Å². The van der Waals surface area contributed by atoms with Crippen LogP contribution in [-0.2, 0) is 12.7 Å². The first-order valence-corrected chi connectivity index (χ1v) is 6.74. The van der Waals surface area contributed by atoms with Crippen LogP contribution in [0, 0.1) is 0 Å². The standard InChI is InChI=1S/C16H13F3N2O/c17-16(18,19)12-7-5-11(6-8-12)15-20-13-3-1-2-4-14(13)21(15)9-10-22/h1-8,22H,9-10H2. The zero-order valence-corrected chi connectivity index (χ0v) is 11.5. The van der Waals surface area contributed by atoms with Gasteiger partial charge in [-0.2, -0.15) is 13.2 Å². The van der Waals surface area contributed by atoms with Gasteiger partial charge in [0.2, 0.25) is 0 Å². The number of aromatic nitrogens is 2. The molecule has 6 heteroatoms. The second-order valence-electron chi connectivity index (χ2n) is 4.87. The predicted molar refractivity (Wildman–Crippen MR) is 77.3 cm³/mol. The molecule has 3 nitrogen and oxygen atoms in total.